The van der Waals surface area contributed by atoms with Gasteiger partial charge >= 0.3 is 0 Å². The summed E-state index contributed by atoms with van der Waals surface area (Å²) in [6.07, 6.45) is 3.17. The fourth-order valence-electron chi connectivity index (χ4n) is 1.69. The summed E-state index contributed by atoms with van der Waals surface area (Å²) in [7, 11) is 0. The van der Waals surface area contributed by atoms with E-state index in [0.717, 1.165) is 19.4 Å². The Morgan fingerprint density at radius 2 is 2.27 bits per heavy atom. The standard InChI is InChI=1S/C9H19NO/c1-7(2)6-9(11)8-4-3-5-10-8/h7-11H,3-6H2,1-2H3/t8-,9+/m0/s1. The summed E-state index contributed by atoms with van der Waals surface area (Å²) >= 11 is 0. The van der Waals surface area contributed by atoms with E-state index < -0.39 is 0 Å². The molecule has 2 atom stereocenters. The molecule has 11 heavy (non-hydrogen) atoms. The Bertz CT molecular complexity index is 108. The molecule has 1 aliphatic rings. The quantitative estimate of drug-likeness (QED) is 0.644. The van der Waals surface area contributed by atoms with Crippen molar-refractivity contribution in [2.75, 3.05) is 6.54 Å². The Hall–Kier alpha value is -0.0800. The molecule has 0 aromatic rings. The highest BCUT2D eigenvalue weighted by Crippen LogP contribution is 2.15. The van der Waals surface area contributed by atoms with E-state index in [2.05, 4.69) is 19.2 Å². The van der Waals surface area contributed by atoms with E-state index in [1.54, 1.807) is 0 Å². The first-order chi connectivity index (χ1) is 5.20. The SMILES string of the molecule is CC(C)C[C@@H](O)[C@@H]1CCCN1. The van der Waals surface area contributed by atoms with Crippen molar-refractivity contribution in [1.82, 2.24) is 5.32 Å². The number of aliphatic hydroxyl groups is 1. The van der Waals surface area contributed by atoms with Gasteiger partial charge in [-0.15, -0.1) is 0 Å². The molecule has 0 spiro atoms. The Labute approximate surface area is 69.0 Å². The second-order valence-corrected chi connectivity index (χ2v) is 3.90. The molecule has 1 heterocycles. The van der Waals surface area contributed by atoms with E-state index in [4.69, 9.17) is 0 Å². The molecule has 66 valence electrons. The summed E-state index contributed by atoms with van der Waals surface area (Å²) in [4.78, 5) is 0. The first kappa shape index (κ1) is 9.01. The van der Waals surface area contributed by atoms with Crippen molar-refractivity contribution < 1.29 is 5.11 Å². The molecular formula is C9H19NO. The summed E-state index contributed by atoms with van der Waals surface area (Å²) in [5.74, 6) is 0.604. The molecule has 2 heteroatoms. The third-order valence-corrected chi connectivity index (χ3v) is 2.28. The maximum Gasteiger partial charge on any atom is 0.0695 e. The van der Waals surface area contributed by atoms with Crippen LogP contribution in [0.15, 0.2) is 0 Å². The van der Waals surface area contributed by atoms with Crippen molar-refractivity contribution in [3.8, 4) is 0 Å². The van der Waals surface area contributed by atoms with Gasteiger partial charge in [-0.05, 0) is 31.7 Å². The minimum atomic E-state index is -0.127. The van der Waals surface area contributed by atoms with Gasteiger partial charge in [-0.1, -0.05) is 13.8 Å². The van der Waals surface area contributed by atoms with E-state index in [9.17, 15) is 5.11 Å². The van der Waals surface area contributed by atoms with Gasteiger partial charge in [-0.2, -0.15) is 0 Å². The second-order valence-electron chi connectivity index (χ2n) is 3.90. The summed E-state index contributed by atoms with van der Waals surface area (Å²) in [6.45, 7) is 5.39. The van der Waals surface area contributed by atoms with E-state index in [1.807, 2.05) is 0 Å². The highest BCUT2D eigenvalue weighted by Gasteiger charge is 2.22. The number of aliphatic hydroxyl groups excluding tert-OH is 1. The van der Waals surface area contributed by atoms with Crippen LogP contribution in [-0.2, 0) is 0 Å². The minimum Gasteiger partial charge on any atom is -0.391 e. The van der Waals surface area contributed by atoms with Gasteiger partial charge in [0, 0.05) is 6.04 Å². The van der Waals surface area contributed by atoms with Crippen molar-refractivity contribution in [3.05, 3.63) is 0 Å². The molecule has 2 N–H and O–H groups in total. The predicted octanol–water partition coefficient (Wildman–Crippen LogP) is 1.15. The molecule has 0 radical (unpaired) electrons. The number of nitrogens with one attached hydrogen (secondary N) is 1. The van der Waals surface area contributed by atoms with E-state index in [1.165, 1.54) is 6.42 Å². The molecule has 1 rings (SSSR count). The highest BCUT2D eigenvalue weighted by molar-refractivity contribution is 4.81. The van der Waals surface area contributed by atoms with Crippen molar-refractivity contribution >= 4 is 0 Å². The monoisotopic (exact) mass is 157 g/mol. The molecule has 0 bridgehead atoms. The molecule has 0 aliphatic carbocycles. The lowest BCUT2D eigenvalue weighted by Gasteiger charge is -2.19. The lowest BCUT2D eigenvalue weighted by Crippen LogP contribution is -2.35. The van der Waals surface area contributed by atoms with Gasteiger partial charge in [-0.25, -0.2) is 0 Å². The summed E-state index contributed by atoms with van der Waals surface area (Å²) in [6, 6.07) is 0.373. The van der Waals surface area contributed by atoms with Crippen LogP contribution >= 0.6 is 0 Å². The Balaban J connectivity index is 2.22. The smallest absolute Gasteiger partial charge is 0.0695 e. The van der Waals surface area contributed by atoms with Crippen LogP contribution in [-0.4, -0.2) is 23.8 Å². The van der Waals surface area contributed by atoms with Gasteiger partial charge in [0.2, 0.25) is 0 Å². The minimum absolute atomic E-state index is 0.127. The van der Waals surface area contributed by atoms with E-state index >= 15 is 0 Å². The molecule has 1 aliphatic heterocycles. The zero-order chi connectivity index (χ0) is 8.27. The molecule has 0 amide bonds. The summed E-state index contributed by atoms with van der Waals surface area (Å²) in [5, 5.41) is 13.0. The van der Waals surface area contributed by atoms with E-state index in [0.29, 0.717) is 12.0 Å². The van der Waals surface area contributed by atoms with Crippen molar-refractivity contribution in [1.29, 1.82) is 0 Å². The predicted molar refractivity (Wildman–Crippen MR) is 46.5 cm³/mol. The van der Waals surface area contributed by atoms with Gasteiger partial charge in [0.15, 0.2) is 0 Å². The first-order valence-corrected chi connectivity index (χ1v) is 4.61. The van der Waals surface area contributed by atoms with Gasteiger partial charge in [-0.3, -0.25) is 0 Å². The molecule has 1 fully saturated rings. The molecular weight excluding hydrogens is 138 g/mol. The van der Waals surface area contributed by atoms with E-state index in [-0.39, 0.29) is 6.10 Å². The molecule has 0 saturated carbocycles. The third kappa shape index (κ3) is 2.80. The van der Waals surface area contributed by atoms with Crippen LogP contribution in [0.4, 0.5) is 0 Å². The zero-order valence-corrected chi connectivity index (χ0v) is 7.51. The van der Waals surface area contributed by atoms with Crippen LogP contribution in [0, 0.1) is 5.92 Å². The topological polar surface area (TPSA) is 32.3 Å². The fourth-order valence-corrected chi connectivity index (χ4v) is 1.69. The number of rotatable bonds is 3. The van der Waals surface area contributed by atoms with Crippen LogP contribution in [0.2, 0.25) is 0 Å². The van der Waals surface area contributed by atoms with Crippen LogP contribution in [0.3, 0.4) is 0 Å². The molecule has 0 unspecified atom stereocenters. The Morgan fingerprint density at radius 1 is 1.55 bits per heavy atom. The highest BCUT2D eigenvalue weighted by atomic mass is 16.3. The normalized spacial score (nSPS) is 27.8. The molecule has 0 aromatic carbocycles. The maximum atomic E-state index is 9.66. The number of hydrogen-bond acceptors (Lipinski definition) is 2. The molecule has 2 nitrogen and oxygen atoms in total. The van der Waals surface area contributed by atoms with Crippen molar-refractivity contribution in [2.45, 2.75) is 45.3 Å². The summed E-state index contributed by atoms with van der Waals surface area (Å²) < 4.78 is 0. The zero-order valence-electron chi connectivity index (χ0n) is 7.51. The summed E-state index contributed by atoms with van der Waals surface area (Å²) in [5.41, 5.74) is 0. The molecule has 1 saturated heterocycles. The maximum absolute atomic E-state index is 9.66. The average Bonchev–Trinajstić information content (AvgIpc) is 2.35. The van der Waals surface area contributed by atoms with Crippen molar-refractivity contribution in [3.63, 3.8) is 0 Å². The van der Waals surface area contributed by atoms with Crippen LogP contribution in [0.25, 0.3) is 0 Å². The Morgan fingerprint density at radius 3 is 2.73 bits per heavy atom. The van der Waals surface area contributed by atoms with Gasteiger partial charge in [0.1, 0.15) is 0 Å². The van der Waals surface area contributed by atoms with Crippen molar-refractivity contribution in [2.24, 2.45) is 5.92 Å². The van der Waals surface area contributed by atoms with Gasteiger partial charge in [0.05, 0.1) is 6.10 Å². The number of hydrogen-bond donors (Lipinski definition) is 2. The lowest BCUT2D eigenvalue weighted by molar-refractivity contribution is 0.113. The third-order valence-electron chi connectivity index (χ3n) is 2.28. The average molecular weight is 157 g/mol. The fraction of sp³-hybridized carbons (Fsp3) is 1.00. The largest absolute Gasteiger partial charge is 0.391 e. The van der Waals surface area contributed by atoms with Crippen LogP contribution in [0.1, 0.15) is 33.1 Å². The lowest BCUT2D eigenvalue weighted by atomic mass is 9.99. The van der Waals surface area contributed by atoms with Gasteiger partial charge in [0.25, 0.3) is 0 Å². The van der Waals surface area contributed by atoms with Gasteiger partial charge < -0.3 is 10.4 Å². The van der Waals surface area contributed by atoms with Crippen LogP contribution < -0.4 is 5.32 Å². The Kier molecular flexibility index (Phi) is 3.34. The molecule has 0 aromatic heterocycles. The first-order valence-electron chi connectivity index (χ1n) is 4.61. The van der Waals surface area contributed by atoms with Crippen LogP contribution in [0.5, 0.6) is 0 Å². The second kappa shape index (κ2) is 4.07.